The number of anilines is 1. The average Bonchev–Trinajstić information content (AvgIpc) is 2.54. The van der Waals surface area contributed by atoms with Crippen molar-refractivity contribution in [2.75, 3.05) is 39.6 Å². The standard InChI is InChI=1S/C17H25N3O3/c1-12-7-8-15(23-4)14(10-12)18-16(21)13-6-5-9-20(11-13)17(22)19(2)3/h7-8,10,13H,5-6,9,11H2,1-4H3,(H,18,21)/t13-/m0/s1. The number of nitrogens with one attached hydrogen (secondary N) is 1. The number of benzene rings is 1. The summed E-state index contributed by atoms with van der Waals surface area (Å²) in [4.78, 5) is 27.9. The van der Waals surface area contributed by atoms with Crippen LogP contribution in [0.4, 0.5) is 10.5 Å². The largest absolute Gasteiger partial charge is 0.495 e. The summed E-state index contributed by atoms with van der Waals surface area (Å²) in [7, 11) is 5.03. The van der Waals surface area contributed by atoms with E-state index in [1.807, 2.05) is 25.1 Å². The molecule has 2 rings (SSSR count). The molecule has 126 valence electrons. The van der Waals surface area contributed by atoms with E-state index in [0.29, 0.717) is 24.5 Å². The van der Waals surface area contributed by atoms with E-state index in [2.05, 4.69) is 5.32 Å². The first-order chi connectivity index (χ1) is 10.9. The van der Waals surface area contributed by atoms with Crippen LogP contribution in [0.5, 0.6) is 5.75 Å². The summed E-state index contributed by atoms with van der Waals surface area (Å²) in [5, 5.41) is 2.95. The van der Waals surface area contributed by atoms with Crippen LogP contribution in [0.25, 0.3) is 0 Å². The summed E-state index contributed by atoms with van der Waals surface area (Å²) in [5.74, 6) is 0.379. The van der Waals surface area contributed by atoms with Gasteiger partial charge < -0.3 is 19.9 Å². The van der Waals surface area contributed by atoms with Crippen molar-refractivity contribution in [1.82, 2.24) is 9.80 Å². The molecule has 1 heterocycles. The molecule has 1 aromatic rings. The van der Waals surface area contributed by atoms with Crippen LogP contribution in [-0.2, 0) is 4.79 Å². The molecule has 1 saturated heterocycles. The molecular weight excluding hydrogens is 294 g/mol. The molecule has 0 radical (unpaired) electrons. The first-order valence-corrected chi connectivity index (χ1v) is 7.84. The third kappa shape index (κ3) is 4.15. The Kier molecular flexibility index (Phi) is 5.47. The molecule has 1 N–H and O–H groups in total. The molecule has 6 nitrogen and oxygen atoms in total. The van der Waals surface area contributed by atoms with E-state index in [-0.39, 0.29) is 17.9 Å². The maximum atomic E-state index is 12.6. The summed E-state index contributed by atoms with van der Waals surface area (Å²) in [6.45, 7) is 3.12. The van der Waals surface area contributed by atoms with Gasteiger partial charge in [-0.2, -0.15) is 0 Å². The SMILES string of the molecule is COc1ccc(C)cc1NC(=O)[C@H]1CCCN(C(=O)N(C)C)C1. The Morgan fingerprint density at radius 2 is 2.09 bits per heavy atom. The van der Waals surface area contributed by atoms with Gasteiger partial charge in [0, 0.05) is 27.2 Å². The topological polar surface area (TPSA) is 61.9 Å². The highest BCUT2D eigenvalue weighted by Gasteiger charge is 2.29. The lowest BCUT2D eigenvalue weighted by molar-refractivity contribution is -0.121. The Hall–Kier alpha value is -2.24. The van der Waals surface area contributed by atoms with Crippen molar-refractivity contribution >= 4 is 17.6 Å². The molecule has 0 spiro atoms. The minimum Gasteiger partial charge on any atom is -0.495 e. The average molecular weight is 319 g/mol. The van der Waals surface area contributed by atoms with Gasteiger partial charge in [0.05, 0.1) is 18.7 Å². The Bertz CT molecular complexity index is 586. The predicted molar refractivity (Wildman–Crippen MR) is 89.7 cm³/mol. The second-order valence-electron chi connectivity index (χ2n) is 6.16. The lowest BCUT2D eigenvalue weighted by Crippen LogP contribution is -2.47. The molecule has 1 fully saturated rings. The quantitative estimate of drug-likeness (QED) is 0.930. The number of ether oxygens (including phenoxy) is 1. The van der Waals surface area contributed by atoms with Gasteiger partial charge in [-0.05, 0) is 37.5 Å². The molecule has 1 aliphatic heterocycles. The minimum absolute atomic E-state index is 0.0457. The lowest BCUT2D eigenvalue weighted by Gasteiger charge is -2.33. The van der Waals surface area contributed by atoms with E-state index in [9.17, 15) is 9.59 Å². The molecule has 3 amide bonds. The molecule has 0 saturated carbocycles. The zero-order chi connectivity index (χ0) is 17.0. The van der Waals surface area contributed by atoms with Crippen LogP contribution in [0.2, 0.25) is 0 Å². The number of urea groups is 1. The molecule has 1 aromatic carbocycles. The molecular formula is C17H25N3O3. The van der Waals surface area contributed by atoms with Crippen molar-refractivity contribution in [3.05, 3.63) is 23.8 Å². The highest BCUT2D eigenvalue weighted by molar-refractivity contribution is 5.94. The Morgan fingerprint density at radius 1 is 1.35 bits per heavy atom. The highest BCUT2D eigenvalue weighted by atomic mass is 16.5. The van der Waals surface area contributed by atoms with E-state index in [1.54, 1.807) is 31.0 Å². The van der Waals surface area contributed by atoms with Gasteiger partial charge in [-0.1, -0.05) is 6.07 Å². The predicted octanol–water partition coefficient (Wildman–Crippen LogP) is 2.34. The molecule has 0 unspecified atom stereocenters. The van der Waals surface area contributed by atoms with Gasteiger partial charge in [-0.25, -0.2) is 4.79 Å². The van der Waals surface area contributed by atoms with Crippen LogP contribution in [-0.4, -0.2) is 56.0 Å². The van der Waals surface area contributed by atoms with E-state index in [4.69, 9.17) is 4.74 Å². The Balaban J connectivity index is 2.06. The van der Waals surface area contributed by atoms with E-state index in [1.165, 1.54) is 0 Å². The van der Waals surface area contributed by atoms with Crippen LogP contribution in [0.1, 0.15) is 18.4 Å². The van der Waals surface area contributed by atoms with Crippen molar-refractivity contribution in [3.8, 4) is 5.75 Å². The Labute approximate surface area is 137 Å². The fourth-order valence-corrected chi connectivity index (χ4v) is 2.80. The number of likely N-dealkylation sites (tertiary alicyclic amines) is 1. The maximum absolute atomic E-state index is 12.6. The van der Waals surface area contributed by atoms with E-state index < -0.39 is 0 Å². The molecule has 6 heteroatoms. The zero-order valence-corrected chi connectivity index (χ0v) is 14.3. The van der Waals surface area contributed by atoms with Gasteiger partial charge in [0.25, 0.3) is 0 Å². The molecule has 0 bridgehead atoms. The molecule has 23 heavy (non-hydrogen) atoms. The highest BCUT2D eigenvalue weighted by Crippen LogP contribution is 2.27. The number of rotatable bonds is 3. The van der Waals surface area contributed by atoms with Crippen molar-refractivity contribution in [1.29, 1.82) is 0 Å². The fourth-order valence-electron chi connectivity index (χ4n) is 2.80. The minimum atomic E-state index is -0.196. The smallest absolute Gasteiger partial charge is 0.319 e. The number of nitrogens with zero attached hydrogens (tertiary/aromatic N) is 2. The number of methoxy groups -OCH3 is 1. The van der Waals surface area contributed by atoms with Crippen LogP contribution < -0.4 is 10.1 Å². The summed E-state index contributed by atoms with van der Waals surface area (Å²) in [5.41, 5.74) is 1.72. The molecule has 1 atom stereocenters. The van der Waals surface area contributed by atoms with Crippen LogP contribution in [0, 0.1) is 12.8 Å². The van der Waals surface area contributed by atoms with Crippen molar-refractivity contribution in [2.24, 2.45) is 5.92 Å². The number of amides is 3. The summed E-state index contributed by atoms with van der Waals surface area (Å²) in [6, 6.07) is 5.62. The number of aryl methyl sites for hydroxylation is 1. The Morgan fingerprint density at radius 3 is 2.74 bits per heavy atom. The lowest BCUT2D eigenvalue weighted by atomic mass is 9.97. The summed E-state index contributed by atoms with van der Waals surface area (Å²) in [6.07, 6.45) is 1.62. The van der Waals surface area contributed by atoms with Crippen molar-refractivity contribution in [2.45, 2.75) is 19.8 Å². The summed E-state index contributed by atoms with van der Waals surface area (Å²) >= 11 is 0. The van der Waals surface area contributed by atoms with E-state index in [0.717, 1.165) is 18.4 Å². The summed E-state index contributed by atoms with van der Waals surface area (Å²) < 4.78 is 5.29. The van der Waals surface area contributed by atoms with Gasteiger partial charge in [0.1, 0.15) is 5.75 Å². The zero-order valence-electron chi connectivity index (χ0n) is 14.3. The van der Waals surface area contributed by atoms with Gasteiger partial charge in [0.15, 0.2) is 0 Å². The second kappa shape index (κ2) is 7.35. The number of hydrogen-bond acceptors (Lipinski definition) is 3. The molecule has 0 aliphatic carbocycles. The fraction of sp³-hybridized carbons (Fsp3) is 0.529. The third-order valence-electron chi connectivity index (χ3n) is 4.06. The van der Waals surface area contributed by atoms with Gasteiger partial charge in [-0.15, -0.1) is 0 Å². The van der Waals surface area contributed by atoms with Gasteiger partial charge in [-0.3, -0.25) is 4.79 Å². The van der Waals surface area contributed by atoms with Crippen LogP contribution in [0.3, 0.4) is 0 Å². The molecule has 0 aromatic heterocycles. The first-order valence-electron chi connectivity index (χ1n) is 7.84. The molecule has 1 aliphatic rings. The first kappa shape index (κ1) is 17.1. The van der Waals surface area contributed by atoms with Crippen molar-refractivity contribution < 1.29 is 14.3 Å². The monoisotopic (exact) mass is 319 g/mol. The third-order valence-corrected chi connectivity index (χ3v) is 4.06. The number of carbonyl (C=O) groups is 2. The van der Waals surface area contributed by atoms with Crippen LogP contribution >= 0.6 is 0 Å². The number of hydrogen-bond donors (Lipinski definition) is 1. The van der Waals surface area contributed by atoms with Crippen LogP contribution in [0.15, 0.2) is 18.2 Å². The number of piperidine rings is 1. The number of carbonyl (C=O) groups excluding carboxylic acids is 2. The maximum Gasteiger partial charge on any atom is 0.319 e. The van der Waals surface area contributed by atoms with Gasteiger partial charge in [0.2, 0.25) is 5.91 Å². The van der Waals surface area contributed by atoms with Crippen molar-refractivity contribution in [3.63, 3.8) is 0 Å². The normalized spacial score (nSPS) is 17.6. The van der Waals surface area contributed by atoms with E-state index >= 15 is 0 Å². The second-order valence-corrected chi connectivity index (χ2v) is 6.16. The van der Waals surface area contributed by atoms with Gasteiger partial charge >= 0.3 is 6.03 Å².